The molecule has 0 aliphatic rings. The van der Waals surface area contributed by atoms with Gasteiger partial charge in [0.05, 0.1) is 18.4 Å². The summed E-state index contributed by atoms with van der Waals surface area (Å²) in [5.74, 6) is 0.737. The van der Waals surface area contributed by atoms with Gasteiger partial charge in [-0.25, -0.2) is 0 Å². The summed E-state index contributed by atoms with van der Waals surface area (Å²) in [6.07, 6.45) is 1.69. The Hall–Kier alpha value is -2.01. The van der Waals surface area contributed by atoms with Crippen molar-refractivity contribution >= 4 is 0 Å². The second-order valence-corrected chi connectivity index (χ2v) is 3.37. The van der Waals surface area contributed by atoms with Gasteiger partial charge in [-0.05, 0) is 12.1 Å². The summed E-state index contributed by atoms with van der Waals surface area (Å²) in [5, 5.41) is 2.69. The van der Waals surface area contributed by atoms with E-state index in [9.17, 15) is 4.79 Å². The molecular formula is C11H13N3O2. The number of aromatic nitrogens is 2. The van der Waals surface area contributed by atoms with Gasteiger partial charge in [0.2, 0.25) is 0 Å². The van der Waals surface area contributed by atoms with E-state index >= 15 is 0 Å². The zero-order valence-corrected chi connectivity index (χ0v) is 8.93. The molecule has 0 aliphatic carbocycles. The first-order valence-corrected chi connectivity index (χ1v) is 4.89. The predicted octanol–water partition coefficient (Wildman–Crippen LogP) is 0.633. The fraction of sp³-hybridized carbons (Fsp3) is 0.182. The molecule has 0 fully saturated rings. The summed E-state index contributed by atoms with van der Waals surface area (Å²) in [6, 6.07) is 7.40. The van der Waals surface area contributed by atoms with Crippen molar-refractivity contribution in [2.24, 2.45) is 5.73 Å². The maximum atomic E-state index is 11.4. The Morgan fingerprint density at radius 1 is 1.50 bits per heavy atom. The lowest BCUT2D eigenvalue weighted by Gasteiger charge is -2.04. The van der Waals surface area contributed by atoms with Crippen molar-refractivity contribution < 1.29 is 4.74 Å². The first kappa shape index (κ1) is 10.5. The van der Waals surface area contributed by atoms with Crippen LogP contribution in [0.25, 0.3) is 5.69 Å². The molecule has 5 heteroatoms. The summed E-state index contributed by atoms with van der Waals surface area (Å²) in [7, 11) is 1.60. The quantitative estimate of drug-likeness (QED) is 0.795. The van der Waals surface area contributed by atoms with Gasteiger partial charge in [0.25, 0.3) is 5.56 Å². The first-order chi connectivity index (χ1) is 7.74. The van der Waals surface area contributed by atoms with E-state index in [0.29, 0.717) is 5.56 Å². The van der Waals surface area contributed by atoms with E-state index in [-0.39, 0.29) is 12.1 Å². The van der Waals surface area contributed by atoms with E-state index in [4.69, 9.17) is 10.5 Å². The zero-order valence-electron chi connectivity index (χ0n) is 8.93. The monoisotopic (exact) mass is 219 g/mol. The van der Waals surface area contributed by atoms with Crippen molar-refractivity contribution in [3.8, 4) is 11.4 Å². The first-order valence-electron chi connectivity index (χ1n) is 4.89. The van der Waals surface area contributed by atoms with E-state index in [0.717, 1.165) is 11.4 Å². The highest BCUT2D eigenvalue weighted by molar-refractivity contribution is 5.38. The fourth-order valence-electron chi connectivity index (χ4n) is 1.47. The number of rotatable bonds is 3. The van der Waals surface area contributed by atoms with Gasteiger partial charge in [-0.3, -0.25) is 14.6 Å². The highest BCUT2D eigenvalue weighted by Gasteiger charge is 2.04. The number of aromatic amines is 1. The molecule has 0 unspecified atom stereocenters. The number of hydrogen-bond acceptors (Lipinski definition) is 3. The standard InChI is InChI=1S/C11H13N3O2/c1-16-10-4-2-3-9(5-10)14-7-8(6-12)11(15)13-14/h2-5,7H,6,12H2,1H3,(H,13,15). The van der Waals surface area contributed by atoms with Crippen molar-refractivity contribution in [2.75, 3.05) is 7.11 Å². The number of methoxy groups -OCH3 is 1. The minimum absolute atomic E-state index is 0.162. The highest BCUT2D eigenvalue weighted by atomic mass is 16.5. The predicted molar refractivity (Wildman–Crippen MR) is 60.8 cm³/mol. The summed E-state index contributed by atoms with van der Waals surface area (Å²) in [4.78, 5) is 11.4. The largest absolute Gasteiger partial charge is 0.497 e. The van der Waals surface area contributed by atoms with Crippen LogP contribution in [0.3, 0.4) is 0 Å². The van der Waals surface area contributed by atoms with E-state index in [1.54, 1.807) is 18.0 Å². The molecule has 0 bridgehead atoms. The van der Waals surface area contributed by atoms with E-state index in [1.165, 1.54) is 0 Å². The van der Waals surface area contributed by atoms with Crippen molar-refractivity contribution in [3.05, 3.63) is 46.4 Å². The molecule has 0 aliphatic heterocycles. The Kier molecular flexibility index (Phi) is 2.78. The third kappa shape index (κ3) is 1.85. The molecule has 5 nitrogen and oxygen atoms in total. The van der Waals surface area contributed by atoms with Crippen LogP contribution >= 0.6 is 0 Å². The Balaban J connectivity index is 2.45. The topological polar surface area (TPSA) is 73.0 Å². The number of hydrogen-bond donors (Lipinski definition) is 2. The summed E-state index contributed by atoms with van der Waals surface area (Å²) in [6.45, 7) is 0.228. The van der Waals surface area contributed by atoms with Gasteiger partial charge >= 0.3 is 0 Å². The van der Waals surface area contributed by atoms with Crippen LogP contribution in [0.4, 0.5) is 0 Å². The summed E-state index contributed by atoms with van der Waals surface area (Å²) < 4.78 is 6.74. The second-order valence-electron chi connectivity index (χ2n) is 3.37. The van der Waals surface area contributed by atoms with E-state index < -0.39 is 0 Å². The van der Waals surface area contributed by atoms with Crippen molar-refractivity contribution in [1.29, 1.82) is 0 Å². The summed E-state index contributed by atoms with van der Waals surface area (Å²) in [5.41, 5.74) is 6.67. The SMILES string of the molecule is COc1cccc(-n2cc(CN)c(=O)[nH]2)c1. The number of nitrogens with two attached hydrogens (primary N) is 1. The molecule has 2 aromatic rings. The Morgan fingerprint density at radius 3 is 2.94 bits per heavy atom. The highest BCUT2D eigenvalue weighted by Crippen LogP contribution is 2.15. The molecule has 0 saturated heterocycles. The molecule has 3 N–H and O–H groups in total. The lowest BCUT2D eigenvalue weighted by Crippen LogP contribution is -2.10. The van der Waals surface area contributed by atoms with Gasteiger partial charge < -0.3 is 10.5 Å². The van der Waals surface area contributed by atoms with Crippen LogP contribution in [-0.4, -0.2) is 16.9 Å². The van der Waals surface area contributed by atoms with Gasteiger partial charge in [-0.1, -0.05) is 6.07 Å². The molecule has 1 heterocycles. The maximum absolute atomic E-state index is 11.4. The minimum Gasteiger partial charge on any atom is -0.497 e. The fourth-order valence-corrected chi connectivity index (χ4v) is 1.47. The third-order valence-electron chi connectivity index (χ3n) is 2.35. The lowest BCUT2D eigenvalue weighted by molar-refractivity contribution is 0.414. The zero-order chi connectivity index (χ0) is 11.5. The molecule has 1 aromatic carbocycles. The average molecular weight is 219 g/mol. The molecule has 84 valence electrons. The van der Waals surface area contributed by atoms with Crippen LogP contribution < -0.4 is 16.0 Å². The number of nitrogens with one attached hydrogen (secondary N) is 1. The lowest BCUT2D eigenvalue weighted by atomic mass is 10.3. The van der Waals surface area contributed by atoms with Gasteiger partial charge in [0.15, 0.2) is 0 Å². The van der Waals surface area contributed by atoms with Crippen LogP contribution in [0.1, 0.15) is 5.56 Å². The number of ether oxygens (including phenoxy) is 1. The van der Waals surface area contributed by atoms with Gasteiger partial charge in [0.1, 0.15) is 5.75 Å². The molecular weight excluding hydrogens is 206 g/mol. The van der Waals surface area contributed by atoms with Crippen LogP contribution in [0.5, 0.6) is 5.75 Å². The van der Waals surface area contributed by atoms with Gasteiger partial charge in [0, 0.05) is 18.8 Å². The molecule has 0 atom stereocenters. The molecule has 0 saturated carbocycles. The number of H-pyrrole nitrogens is 1. The summed E-state index contributed by atoms with van der Waals surface area (Å²) >= 11 is 0. The van der Waals surface area contributed by atoms with Crippen LogP contribution in [0.15, 0.2) is 35.3 Å². The third-order valence-corrected chi connectivity index (χ3v) is 2.35. The van der Waals surface area contributed by atoms with Gasteiger partial charge in [-0.2, -0.15) is 0 Å². The van der Waals surface area contributed by atoms with Gasteiger partial charge in [-0.15, -0.1) is 0 Å². The second kappa shape index (κ2) is 4.24. The molecule has 0 radical (unpaired) electrons. The number of nitrogens with zero attached hydrogens (tertiary/aromatic N) is 1. The average Bonchev–Trinajstić information content (AvgIpc) is 2.71. The molecule has 0 spiro atoms. The van der Waals surface area contributed by atoms with Crippen molar-refractivity contribution in [2.45, 2.75) is 6.54 Å². The minimum atomic E-state index is -0.162. The molecule has 0 amide bonds. The van der Waals surface area contributed by atoms with E-state index in [1.807, 2.05) is 24.3 Å². The van der Waals surface area contributed by atoms with Crippen LogP contribution in [-0.2, 0) is 6.54 Å². The van der Waals surface area contributed by atoms with E-state index in [2.05, 4.69) is 5.10 Å². The Bertz CT molecular complexity index is 542. The number of benzene rings is 1. The van der Waals surface area contributed by atoms with Crippen LogP contribution in [0, 0.1) is 0 Å². The normalized spacial score (nSPS) is 10.4. The molecule has 1 aromatic heterocycles. The Labute approximate surface area is 92.4 Å². The van der Waals surface area contributed by atoms with Crippen LogP contribution in [0.2, 0.25) is 0 Å². The Morgan fingerprint density at radius 2 is 2.31 bits per heavy atom. The molecule has 16 heavy (non-hydrogen) atoms. The van der Waals surface area contributed by atoms with Crippen molar-refractivity contribution in [1.82, 2.24) is 9.78 Å². The maximum Gasteiger partial charge on any atom is 0.268 e. The smallest absolute Gasteiger partial charge is 0.268 e. The molecule has 2 rings (SSSR count). The van der Waals surface area contributed by atoms with Crippen molar-refractivity contribution in [3.63, 3.8) is 0 Å².